The molecule has 138 valence electrons. The lowest BCUT2D eigenvalue weighted by Gasteiger charge is -2.07. The van der Waals surface area contributed by atoms with E-state index in [1.807, 2.05) is 48.5 Å². The fraction of sp³-hybridized carbons (Fsp3) is 0. The molecule has 4 heteroatoms. The largest absolute Gasteiger partial charge is 0.253 e. The Morgan fingerprint density at radius 3 is 1.30 bits per heavy atom. The van der Waals surface area contributed by atoms with Crippen molar-refractivity contribution in [3.8, 4) is 47.5 Å². The molecule has 0 aliphatic carbocycles. The third kappa shape index (κ3) is 3.03. The minimum Gasteiger partial charge on any atom is -0.253 e. The summed E-state index contributed by atoms with van der Waals surface area (Å²) in [5.41, 5.74) is 6.42. The molecule has 30 heavy (non-hydrogen) atoms. The molecule has 0 atom stereocenters. The highest BCUT2D eigenvalue weighted by Gasteiger charge is 2.09. The molecular weight excluding hydrogens is 368 g/mol. The van der Waals surface area contributed by atoms with Gasteiger partial charge in [-0.2, -0.15) is 0 Å². The van der Waals surface area contributed by atoms with Crippen molar-refractivity contribution in [1.82, 2.24) is 19.9 Å². The van der Waals surface area contributed by atoms with Crippen LogP contribution in [0.25, 0.3) is 44.6 Å². The summed E-state index contributed by atoms with van der Waals surface area (Å²) in [5, 5.41) is 2.07. The smallest absolute Gasteiger partial charge is 0.0893 e. The van der Waals surface area contributed by atoms with E-state index in [9.17, 15) is 0 Å². The lowest BCUT2D eigenvalue weighted by molar-refractivity contribution is 1.26. The van der Waals surface area contributed by atoms with E-state index in [1.165, 1.54) is 0 Å². The fourth-order valence-corrected chi connectivity index (χ4v) is 3.36. The normalized spacial score (nSPS) is 10.6. The molecule has 4 heterocycles. The molecule has 0 saturated heterocycles. The minimum absolute atomic E-state index is 0.746. The highest BCUT2D eigenvalue weighted by atomic mass is 14.8. The quantitative estimate of drug-likeness (QED) is 0.323. The van der Waals surface area contributed by atoms with Gasteiger partial charge < -0.3 is 0 Å². The summed E-state index contributed by atoms with van der Waals surface area (Å²) in [6.45, 7) is 0. The number of hydrogen-bond acceptors (Lipinski definition) is 4. The van der Waals surface area contributed by atoms with Crippen molar-refractivity contribution in [2.24, 2.45) is 0 Å². The molecule has 4 aromatic heterocycles. The zero-order valence-corrected chi connectivity index (χ0v) is 15.9. The number of benzene rings is 1. The van der Waals surface area contributed by atoms with Crippen LogP contribution in [0.5, 0.6) is 0 Å². The first-order valence-corrected chi connectivity index (χ1v) is 9.32. The van der Waals surface area contributed by atoms with E-state index < -0.39 is 0 Å². The predicted octanol–water partition coefficient (Wildman–Crippen LogP) is 4.87. The van der Waals surface area contributed by atoms with Gasteiger partial charge in [0.2, 0.25) is 0 Å². The molecule has 0 bridgehead atoms. The Hall–Kier alpha value is -4.54. The van der Waals surface area contributed by atoms with Gasteiger partial charge >= 0.3 is 0 Å². The molecule has 1 aromatic carbocycles. The topological polar surface area (TPSA) is 51.6 Å². The molecule has 0 aliphatic rings. The molecule has 0 aliphatic heterocycles. The molecule has 0 N–H and O–H groups in total. The number of aromatic nitrogens is 4. The van der Waals surface area contributed by atoms with Crippen LogP contribution in [-0.2, 0) is 0 Å². The van der Waals surface area contributed by atoms with Crippen LogP contribution < -0.4 is 0 Å². The Balaban J connectivity index is 1.57. The molecule has 5 rings (SSSR count). The van der Waals surface area contributed by atoms with Crippen LogP contribution in [0, 0.1) is 24.7 Å². The van der Waals surface area contributed by atoms with Gasteiger partial charge in [0.15, 0.2) is 0 Å². The average Bonchev–Trinajstić information content (AvgIpc) is 2.83. The maximum absolute atomic E-state index is 5.40. The van der Waals surface area contributed by atoms with Gasteiger partial charge in [-0.15, -0.1) is 12.8 Å². The van der Waals surface area contributed by atoms with Crippen molar-refractivity contribution in [2.45, 2.75) is 0 Å². The Labute approximate surface area is 173 Å². The molecule has 0 radical (unpaired) electrons. The van der Waals surface area contributed by atoms with E-state index in [-0.39, 0.29) is 0 Å². The highest BCUT2D eigenvalue weighted by molar-refractivity contribution is 6.05. The van der Waals surface area contributed by atoms with Crippen LogP contribution in [0.3, 0.4) is 0 Å². The first-order chi connectivity index (χ1) is 14.7. The van der Waals surface area contributed by atoms with Crippen molar-refractivity contribution < 1.29 is 0 Å². The highest BCUT2D eigenvalue weighted by Crippen LogP contribution is 2.28. The maximum Gasteiger partial charge on any atom is 0.0893 e. The van der Waals surface area contributed by atoms with Crippen molar-refractivity contribution in [3.63, 3.8) is 0 Å². The van der Waals surface area contributed by atoms with Gasteiger partial charge in [0.1, 0.15) is 0 Å². The van der Waals surface area contributed by atoms with Gasteiger partial charge in [0, 0.05) is 34.3 Å². The predicted molar refractivity (Wildman–Crippen MR) is 119 cm³/mol. The van der Waals surface area contributed by atoms with Gasteiger partial charge in [0.05, 0.1) is 33.8 Å². The SMILES string of the molecule is C#Cc1ccc(-c2ccc3c(ccc4nc(-c5ccc(C#C)cn5)ccc43)n2)nc1. The molecule has 0 fully saturated rings. The first-order valence-electron chi connectivity index (χ1n) is 9.32. The van der Waals surface area contributed by atoms with Gasteiger partial charge in [-0.1, -0.05) is 11.8 Å². The van der Waals surface area contributed by atoms with Gasteiger partial charge in [0.25, 0.3) is 0 Å². The lowest BCUT2D eigenvalue weighted by Crippen LogP contribution is -1.92. The Kier molecular flexibility index (Phi) is 4.17. The Morgan fingerprint density at radius 2 is 0.933 bits per heavy atom. The average molecular weight is 382 g/mol. The number of terminal acetylenes is 2. The summed E-state index contributed by atoms with van der Waals surface area (Å²) in [6, 6.07) is 19.5. The number of hydrogen-bond donors (Lipinski definition) is 0. The van der Waals surface area contributed by atoms with E-state index in [0.29, 0.717) is 0 Å². The molecule has 5 aromatic rings. The Morgan fingerprint density at radius 1 is 0.500 bits per heavy atom. The van der Waals surface area contributed by atoms with Crippen LogP contribution >= 0.6 is 0 Å². The summed E-state index contributed by atoms with van der Waals surface area (Å²) < 4.78 is 0. The molecule has 4 nitrogen and oxygen atoms in total. The zero-order chi connectivity index (χ0) is 20.5. The lowest BCUT2D eigenvalue weighted by atomic mass is 10.1. The van der Waals surface area contributed by atoms with Crippen LogP contribution in [0.15, 0.2) is 73.1 Å². The van der Waals surface area contributed by atoms with Crippen molar-refractivity contribution in [3.05, 3.63) is 84.2 Å². The molecule has 0 amide bonds. The monoisotopic (exact) mass is 382 g/mol. The summed E-state index contributed by atoms with van der Waals surface area (Å²) in [6.07, 6.45) is 14.2. The second-order valence-corrected chi connectivity index (χ2v) is 6.74. The van der Waals surface area contributed by atoms with Crippen LogP contribution in [0.4, 0.5) is 0 Å². The zero-order valence-electron chi connectivity index (χ0n) is 15.9. The Bertz CT molecular complexity index is 1370. The second kappa shape index (κ2) is 7.13. The number of fused-ring (bicyclic) bond motifs is 3. The number of rotatable bonds is 2. The summed E-state index contributed by atoms with van der Waals surface area (Å²) >= 11 is 0. The van der Waals surface area contributed by atoms with E-state index in [0.717, 1.165) is 55.7 Å². The standard InChI is InChI=1S/C26H14N4/c1-3-17-5-9-23(27-15-17)25-11-7-19-20-8-12-26(24-10-6-18(4-2)16-28-24)30-22(20)14-13-21(19)29-25/h1-2,5-16H. The number of nitrogens with zero attached hydrogens (tertiary/aromatic N) is 4. The van der Waals surface area contributed by atoms with Crippen LogP contribution in [-0.4, -0.2) is 19.9 Å². The molecular formula is C26H14N4. The van der Waals surface area contributed by atoms with Gasteiger partial charge in [-0.3, -0.25) is 9.97 Å². The van der Waals surface area contributed by atoms with E-state index in [1.54, 1.807) is 12.4 Å². The number of pyridine rings is 4. The van der Waals surface area contributed by atoms with Crippen LogP contribution in [0.1, 0.15) is 11.1 Å². The van der Waals surface area contributed by atoms with Crippen molar-refractivity contribution in [1.29, 1.82) is 0 Å². The van der Waals surface area contributed by atoms with Gasteiger partial charge in [-0.05, 0) is 60.7 Å². The van der Waals surface area contributed by atoms with Gasteiger partial charge in [-0.25, -0.2) is 9.97 Å². The first kappa shape index (κ1) is 17.6. The van der Waals surface area contributed by atoms with E-state index >= 15 is 0 Å². The molecule has 0 spiro atoms. The van der Waals surface area contributed by atoms with E-state index in [4.69, 9.17) is 22.8 Å². The third-order valence-corrected chi connectivity index (χ3v) is 4.92. The van der Waals surface area contributed by atoms with Crippen molar-refractivity contribution in [2.75, 3.05) is 0 Å². The van der Waals surface area contributed by atoms with Crippen LogP contribution in [0.2, 0.25) is 0 Å². The minimum atomic E-state index is 0.746. The fourth-order valence-electron chi connectivity index (χ4n) is 3.36. The maximum atomic E-state index is 5.40. The molecule has 0 saturated carbocycles. The molecule has 0 unspecified atom stereocenters. The van der Waals surface area contributed by atoms with E-state index in [2.05, 4.69) is 33.9 Å². The summed E-state index contributed by atoms with van der Waals surface area (Å²) in [4.78, 5) is 18.4. The summed E-state index contributed by atoms with van der Waals surface area (Å²) in [7, 11) is 0. The third-order valence-electron chi connectivity index (χ3n) is 4.92. The summed E-state index contributed by atoms with van der Waals surface area (Å²) in [5.74, 6) is 5.15. The second-order valence-electron chi connectivity index (χ2n) is 6.74. The van der Waals surface area contributed by atoms with Crippen molar-refractivity contribution >= 4 is 21.8 Å².